The number of nitrogens with one attached hydrogen (secondary N) is 2. The molecule has 0 saturated carbocycles. The monoisotopic (exact) mass is 441 g/mol. The van der Waals surface area contributed by atoms with Crippen molar-refractivity contribution in [1.29, 1.82) is 0 Å². The Morgan fingerprint density at radius 1 is 1.03 bits per heavy atom. The number of aliphatic hydroxyl groups excluding tert-OH is 1. The first-order valence-corrected chi connectivity index (χ1v) is 11.5. The molecule has 0 aliphatic carbocycles. The average molecular weight is 442 g/mol. The minimum absolute atomic E-state index is 0.350. The van der Waals surface area contributed by atoms with E-state index in [9.17, 15) is 9.90 Å². The highest BCUT2D eigenvalue weighted by Gasteiger charge is 2.24. The van der Waals surface area contributed by atoms with E-state index in [1.807, 2.05) is 51.1 Å². The maximum absolute atomic E-state index is 12.3. The summed E-state index contributed by atoms with van der Waals surface area (Å²) in [5.74, 6) is 0. The van der Waals surface area contributed by atoms with Crippen molar-refractivity contribution in [3.05, 3.63) is 65.7 Å². The second-order valence-electron chi connectivity index (χ2n) is 8.98. The summed E-state index contributed by atoms with van der Waals surface area (Å²) in [5.41, 5.74) is 2.80. The van der Waals surface area contributed by atoms with Crippen molar-refractivity contribution in [2.75, 3.05) is 24.5 Å². The fraction of sp³-hybridized carbons (Fsp3) is 0.500. The van der Waals surface area contributed by atoms with Crippen LogP contribution in [0.25, 0.3) is 0 Å². The minimum Gasteiger partial charge on any atom is -0.444 e. The number of nitrogens with zero attached hydrogens (tertiary/aromatic N) is 1. The number of carbonyl (C=O) groups excluding carboxylic acids is 1. The minimum atomic E-state index is -0.770. The van der Waals surface area contributed by atoms with Gasteiger partial charge in [0, 0.05) is 31.9 Å². The number of benzene rings is 2. The van der Waals surface area contributed by atoms with Gasteiger partial charge in [0.1, 0.15) is 5.60 Å². The summed E-state index contributed by atoms with van der Waals surface area (Å²) < 4.78 is 5.40. The predicted octanol–water partition coefficient (Wildman–Crippen LogP) is 4.12. The Bertz CT molecular complexity index is 817. The van der Waals surface area contributed by atoms with E-state index in [0.717, 1.165) is 24.2 Å². The topological polar surface area (TPSA) is 73.8 Å². The van der Waals surface area contributed by atoms with Crippen LogP contribution in [0.2, 0.25) is 0 Å². The number of aliphatic hydroxyl groups is 1. The average Bonchev–Trinajstić information content (AvgIpc) is 2.74. The van der Waals surface area contributed by atoms with Gasteiger partial charge in [-0.3, -0.25) is 0 Å². The van der Waals surface area contributed by atoms with Crippen molar-refractivity contribution < 1.29 is 14.6 Å². The Morgan fingerprint density at radius 3 is 2.31 bits per heavy atom. The summed E-state index contributed by atoms with van der Waals surface area (Å²) in [6.45, 7) is 12.7. The summed E-state index contributed by atoms with van der Waals surface area (Å²) in [7, 11) is 0. The maximum atomic E-state index is 12.3. The van der Waals surface area contributed by atoms with Crippen LogP contribution in [-0.2, 0) is 17.7 Å². The summed E-state index contributed by atoms with van der Waals surface area (Å²) in [6, 6.07) is 17.8. The molecular formula is C26H39N3O3. The third kappa shape index (κ3) is 8.89. The number of amides is 1. The molecule has 0 radical (unpaired) electrons. The van der Waals surface area contributed by atoms with Gasteiger partial charge >= 0.3 is 6.09 Å². The molecular weight excluding hydrogens is 402 g/mol. The molecule has 2 atom stereocenters. The molecule has 0 bridgehead atoms. The van der Waals surface area contributed by atoms with E-state index in [1.165, 1.54) is 5.69 Å². The lowest BCUT2D eigenvalue weighted by Crippen LogP contribution is -2.49. The van der Waals surface area contributed by atoms with Gasteiger partial charge in [-0.1, -0.05) is 42.5 Å². The van der Waals surface area contributed by atoms with Crippen LogP contribution in [0.5, 0.6) is 0 Å². The Balaban J connectivity index is 1.99. The predicted molar refractivity (Wildman–Crippen MR) is 131 cm³/mol. The number of carbonyl (C=O) groups is 1. The number of ether oxygens (including phenoxy) is 1. The quantitative estimate of drug-likeness (QED) is 0.489. The number of anilines is 1. The maximum Gasteiger partial charge on any atom is 0.407 e. The Kier molecular flexibility index (Phi) is 10.0. The molecule has 0 heterocycles. The van der Waals surface area contributed by atoms with Crippen molar-refractivity contribution >= 4 is 11.8 Å². The third-order valence-electron chi connectivity index (χ3n) is 5.19. The number of hydrogen-bond donors (Lipinski definition) is 3. The molecule has 2 aromatic carbocycles. The summed E-state index contributed by atoms with van der Waals surface area (Å²) in [5, 5.41) is 17.1. The van der Waals surface area contributed by atoms with Gasteiger partial charge in [-0.2, -0.15) is 0 Å². The van der Waals surface area contributed by atoms with Gasteiger partial charge in [0.25, 0.3) is 0 Å². The molecule has 0 saturated heterocycles. The number of alkyl carbamates (subject to hydrolysis) is 1. The van der Waals surface area contributed by atoms with Crippen LogP contribution in [0, 0.1) is 0 Å². The SMILES string of the molecule is CCN(CC)c1cccc(CNC[C@@H](O)[C@H](Cc2ccccc2)NC(=O)OC(C)(C)C)c1. The molecule has 0 fully saturated rings. The standard InChI is InChI=1S/C26H39N3O3/c1-6-29(7-2)22-15-11-14-21(16-22)18-27-19-24(30)23(17-20-12-9-8-10-13-20)28-25(31)32-26(3,4)5/h8-16,23-24,27,30H,6-7,17-19H2,1-5H3,(H,28,31)/t23-,24+/m0/s1. The van der Waals surface area contributed by atoms with Crippen LogP contribution in [0.15, 0.2) is 54.6 Å². The molecule has 6 heteroatoms. The first-order valence-electron chi connectivity index (χ1n) is 11.5. The lowest BCUT2D eigenvalue weighted by Gasteiger charge is -2.27. The van der Waals surface area contributed by atoms with Crippen molar-refractivity contribution in [1.82, 2.24) is 10.6 Å². The van der Waals surface area contributed by atoms with Gasteiger partial charge in [0.15, 0.2) is 0 Å². The van der Waals surface area contributed by atoms with Gasteiger partial charge in [0.2, 0.25) is 0 Å². The van der Waals surface area contributed by atoms with E-state index in [-0.39, 0.29) is 0 Å². The van der Waals surface area contributed by atoms with Crippen LogP contribution in [0.3, 0.4) is 0 Å². The van der Waals surface area contributed by atoms with E-state index in [2.05, 4.69) is 53.6 Å². The van der Waals surface area contributed by atoms with Gasteiger partial charge in [0.05, 0.1) is 12.1 Å². The lowest BCUT2D eigenvalue weighted by atomic mass is 10.0. The molecule has 6 nitrogen and oxygen atoms in total. The fourth-order valence-corrected chi connectivity index (χ4v) is 3.57. The highest BCUT2D eigenvalue weighted by Crippen LogP contribution is 2.16. The molecule has 0 aliphatic rings. The first-order chi connectivity index (χ1) is 15.2. The van der Waals surface area contributed by atoms with Gasteiger partial charge in [-0.15, -0.1) is 0 Å². The van der Waals surface area contributed by atoms with Gasteiger partial charge in [-0.25, -0.2) is 4.79 Å². The molecule has 32 heavy (non-hydrogen) atoms. The smallest absolute Gasteiger partial charge is 0.407 e. The van der Waals surface area contributed by atoms with E-state index < -0.39 is 23.8 Å². The molecule has 0 spiro atoms. The Hall–Kier alpha value is -2.57. The zero-order valence-electron chi connectivity index (χ0n) is 20.1. The Labute approximate surface area is 193 Å². The first kappa shape index (κ1) is 25.7. The summed E-state index contributed by atoms with van der Waals surface area (Å²) in [4.78, 5) is 14.7. The fourth-order valence-electron chi connectivity index (χ4n) is 3.57. The van der Waals surface area contributed by atoms with Crippen LogP contribution >= 0.6 is 0 Å². The van der Waals surface area contributed by atoms with Gasteiger partial charge < -0.3 is 25.4 Å². The number of hydrogen-bond acceptors (Lipinski definition) is 5. The zero-order valence-corrected chi connectivity index (χ0v) is 20.1. The molecule has 3 N–H and O–H groups in total. The molecule has 1 amide bonds. The van der Waals surface area contributed by atoms with Crippen LogP contribution in [0.1, 0.15) is 45.7 Å². The largest absolute Gasteiger partial charge is 0.444 e. The van der Waals surface area contributed by atoms with E-state index in [0.29, 0.717) is 19.5 Å². The van der Waals surface area contributed by atoms with Crippen LogP contribution < -0.4 is 15.5 Å². The van der Waals surface area contributed by atoms with Crippen molar-refractivity contribution in [2.24, 2.45) is 0 Å². The lowest BCUT2D eigenvalue weighted by molar-refractivity contribution is 0.0422. The molecule has 176 valence electrons. The number of rotatable bonds is 11. The highest BCUT2D eigenvalue weighted by atomic mass is 16.6. The highest BCUT2D eigenvalue weighted by molar-refractivity contribution is 5.68. The second-order valence-corrected chi connectivity index (χ2v) is 8.98. The molecule has 2 rings (SSSR count). The van der Waals surface area contributed by atoms with Crippen LogP contribution in [0.4, 0.5) is 10.5 Å². The molecule has 2 aromatic rings. The van der Waals surface area contributed by atoms with E-state index in [1.54, 1.807) is 0 Å². The molecule has 0 unspecified atom stereocenters. The zero-order chi connectivity index (χ0) is 23.6. The normalized spacial score (nSPS) is 13.3. The van der Waals surface area contributed by atoms with E-state index in [4.69, 9.17) is 4.74 Å². The van der Waals surface area contributed by atoms with E-state index >= 15 is 0 Å². The molecule has 0 aliphatic heterocycles. The van der Waals surface area contributed by atoms with Gasteiger partial charge in [-0.05, 0) is 64.3 Å². The van der Waals surface area contributed by atoms with Crippen molar-refractivity contribution in [2.45, 2.75) is 65.3 Å². The summed E-state index contributed by atoms with van der Waals surface area (Å²) >= 11 is 0. The third-order valence-corrected chi connectivity index (χ3v) is 5.19. The molecule has 0 aromatic heterocycles. The summed E-state index contributed by atoms with van der Waals surface area (Å²) in [6.07, 6.45) is -0.779. The second kappa shape index (κ2) is 12.5. The van der Waals surface area contributed by atoms with Crippen molar-refractivity contribution in [3.63, 3.8) is 0 Å². The Morgan fingerprint density at radius 2 is 1.69 bits per heavy atom. The van der Waals surface area contributed by atoms with Crippen LogP contribution in [-0.4, -0.2) is 48.6 Å². The van der Waals surface area contributed by atoms with Crippen molar-refractivity contribution in [3.8, 4) is 0 Å².